The van der Waals surface area contributed by atoms with E-state index >= 15 is 0 Å². The highest BCUT2D eigenvalue weighted by Crippen LogP contribution is 2.29. The van der Waals surface area contributed by atoms with Crippen LogP contribution in [0.5, 0.6) is 0 Å². The first-order valence-electron chi connectivity index (χ1n) is 6.38. The molecule has 0 amide bonds. The second kappa shape index (κ2) is 5.12. The number of alkyl halides is 1. The van der Waals surface area contributed by atoms with Crippen molar-refractivity contribution in [3.05, 3.63) is 23.3 Å². The number of ether oxygens (including phenoxy) is 1. The average molecular weight is 327 g/mol. The van der Waals surface area contributed by atoms with Crippen LogP contribution in [0.3, 0.4) is 0 Å². The lowest BCUT2D eigenvalue weighted by Crippen LogP contribution is -2.27. The van der Waals surface area contributed by atoms with Crippen LogP contribution in [0.4, 0.5) is 4.79 Å². The molecule has 1 atom stereocenters. The van der Waals surface area contributed by atoms with Crippen molar-refractivity contribution in [3.63, 3.8) is 0 Å². The van der Waals surface area contributed by atoms with Gasteiger partial charge in [0.2, 0.25) is 0 Å². The van der Waals surface area contributed by atoms with Gasteiger partial charge in [-0.1, -0.05) is 28.4 Å². The number of imidazole rings is 1. The van der Waals surface area contributed by atoms with Gasteiger partial charge in [-0.05, 0) is 39.2 Å². The molecule has 4 nitrogen and oxygen atoms in total. The Hall–Kier alpha value is -1.10. The molecule has 1 aromatic rings. The Morgan fingerprint density at radius 1 is 1.58 bits per heavy atom. The topological polar surface area (TPSA) is 44.1 Å². The summed E-state index contributed by atoms with van der Waals surface area (Å²) >= 11 is 3.49. The van der Waals surface area contributed by atoms with E-state index in [0.29, 0.717) is 5.92 Å². The van der Waals surface area contributed by atoms with Gasteiger partial charge in [0.25, 0.3) is 0 Å². The molecule has 0 N–H and O–H groups in total. The Kier molecular flexibility index (Phi) is 3.85. The summed E-state index contributed by atoms with van der Waals surface area (Å²) in [6.45, 7) is 7.74. The van der Waals surface area contributed by atoms with Crippen LogP contribution in [-0.4, -0.2) is 26.6 Å². The Morgan fingerprint density at radius 3 is 2.84 bits per heavy atom. The van der Waals surface area contributed by atoms with Gasteiger partial charge in [0.05, 0.1) is 11.4 Å². The Bertz CT molecular complexity index is 526. The standard InChI is InChI=1S/C14H19BrN2O2/c1-9-5-11-12(6-10(9)7-15)17(8-16-11)13(18)19-14(2,3)4/h6,8-9H,5,7H2,1-4H3. The molecule has 0 radical (unpaired) electrons. The highest BCUT2D eigenvalue weighted by Gasteiger charge is 2.25. The third-order valence-electron chi connectivity index (χ3n) is 3.08. The van der Waals surface area contributed by atoms with Crippen molar-refractivity contribution in [2.45, 2.75) is 39.7 Å². The number of carbonyl (C=O) groups is 1. The number of nitrogens with zero attached hydrogens (tertiary/aromatic N) is 2. The molecule has 0 saturated carbocycles. The fourth-order valence-corrected chi connectivity index (χ4v) is 2.79. The van der Waals surface area contributed by atoms with Crippen molar-refractivity contribution in [2.75, 3.05) is 5.33 Å². The molecule has 0 fully saturated rings. The summed E-state index contributed by atoms with van der Waals surface area (Å²) in [4.78, 5) is 16.5. The van der Waals surface area contributed by atoms with Crippen LogP contribution in [0.15, 0.2) is 11.9 Å². The van der Waals surface area contributed by atoms with E-state index in [0.717, 1.165) is 23.1 Å². The summed E-state index contributed by atoms with van der Waals surface area (Å²) in [6, 6.07) is 0. The maximum atomic E-state index is 12.1. The summed E-state index contributed by atoms with van der Waals surface area (Å²) < 4.78 is 6.88. The third-order valence-corrected chi connectivity index (χ3v) is 3.73. The highest BCUT2D eigenvalue weighted by molar-refractivity contribution is 9.09. The second-order valence-electron chi connectivity index (χ2n) is 5.88. The van der Waals surface area contributed by atoms with Gasteiger partial charge in [-0.3, -0.25) is 0 Å². The van der Waals surface area contributed by atoms with Crippen LogP contribution in [0.25, 0.3) is 6.08 Å². The van der Waals surface area contributed by atoms with Crippen molar-refractivity contribution >= 4 is 28.1 Å². The van der Waals surface area contributed by atoms with Crippen LogP contribution in [0, 0.1) is 5.92 Å². The molecule has 1 aromatic heterocycles. The lowest BCUT2D eigenvalue weighted by atomic mass is 9.91. The SMILES string of the molecule is CC1Cc2ncn(C(=O)OC(C)(C)C)c2C=C1CBr. The summed E-state index contributed by atoms with van der Waals surface area (Å²) in [5, 5.41) is 0.813. The lowest BCUT2D eigenvalue weighted by molar-refractivity contribution is 0.0535. The Morgan fingerprint density at radius 2 is 2.26 bits per heavy atom. The van der Waals surface area contributed by atoms with E-state index in [4.69, 9.17) is 4.74 Å². The van der Waals surface area contributed by atoms with Crippen molar-refractivity contribution in [2.24, 2.45) is 5.92 Å². The van der Waals surface area contributed by atoms with E-state index in [1.165, 1.54) is 10.1 Å². The van der Waals surface area contributed by atoms with E-state index in [9.17, 15) is 4.79 Å². The van der Waals surface area contributed by atoms with Gasteiger partial charge in [0.15, 0.2) is 0 Å². The number of hydrogen-bond donors (Lipinski definition) is 0. The first-order valence-corrected chi connectivity index (χ1v) is 7.50. The van der Waals surface area contributed by atoms with Crippen molar-refractivity contribution in [3.8, 4) is 0 Å². The molecule has 19 heavy (non-hydrogen) atoms. The molecule has 1 aliphatic rings. The van der Waals surface area contributed by atoms with Crippen molar-refractivity contribution in [1.29, 1.82) is 0 Å². The largest absolute Gasteiger partial charge is 0.443 e. The summed E-state index contributed by atoms with van der Waals surface area (Å²) in [5.41, 5.74) is 2.58. The number of rotatable bonds is 1. The fourth-order valence-electron chi connectivity index (χ4n) is 2.07. The quantitative estimate of drug-likeness (QED) is 0.740. The zero-order chi connectivity index (χ0) is 14.2. The van der Waals surface area contributed by atoms with Gasteiger partial charge in [0, 0.05) is 5.33 Å². The van der Waals surface area contributed by atoms with E-state index in [2.05, 4.69) is 27.8 Å². The molecule has 1 unspecified atom stereocenters. The van der Waals surface area contributed by atoms with Crippen LogP contribution < -0.4 is 0 Å². The smallest absolute Gasteiger partial charge is 0.420 e. The number of carbonyl (C=O) groups excluding carboxylic acids is 1. The summed E-state index contributed by atoms with van der Waals surface area (Å²) in [6.07, 6.45) is 4.08. The number of fused-ring (bicyclic) bond motifs is 1. The first-order chi connectivity index (χ1) is 8.81. The van der Waals surface area contributed by atoms with Crippen molar-refractivity contribution in [1.82, 2.24) is 9.55 Å². The Labute approximate surface area is 122 Å². The minimum Gasteiger partial charge on any atom is -0.443 e. The fraction of sp³-hybridized carbons (Fsp3) is 0.571. The molecule has 0 bridgehead atoms. The predicted molar refractivity (Wildman–Crippen MR) is 78.5 cm³/mol. The van der Waals surface area contributed by atoms with Gasteiger partial charge in [-0.15, -0.1) is 0 Å². The molecule has 0 aromatic carbocycles. The van der Waals surface area contributed by atoms with Gasteiger partial charge < -0.3 is 4.74 Å². The number of hydrogen-bond acceptors (Lipinski definition) is 3. The van der Waals surface area contributed by atoms with Gasteiger partial charge in [-0.2, -0.15) is 0 Å². The number of aromatic nitrogens is 2. The molecule has 5 heteroatoms. The average Bonchev–Trinajstić information content (AvgIpc) is 2.68. The molecule has 0 aliphatic heterocycles. The van der Waals surface area contributed by atoms with Crippen LogP contribution in [0.1, 0.15) is 39.1 Å². The normalized spacial score (nSPS) is 18.8. The monoisotopic (exact) mass is 326 g/mol. The Balaban J connectivity index is 2.33. The zero-order valence-electron chi connectivity index (χ0n) is 11.7. The van der Waals surface area contributed by atoms with Gasteiger partial charge in [0.1, 0.15) is 11.9 Å². The summed E-state index contributed by atoms with van der Waals surface area (Å²) in [5.74, 6) is 0.453. The second-order valence-corrected chi connectivity index (χ2v) is 6.45. The maximum Gasteiger partial charge on any atom is 0.420 e. The zero-order valence-corrected chi connectivity index (χ0v) is 13.3. The minimum absolute atomic E-state index is 0.374. The molecule has 1 heterocycles. The molecule has 0 spiro atoms. The van der Waals surface area contributed by atoms with E-state index in [-0.39, 0.29) is 6.09 Å². The van der Waals surface area contributed by atoms with Crippen LogP contribution >= 0.6 is 15.9 Å². The predicted octanol–water partition coefficient (Wildman–Crippen LogP) is 3.64. The molecule has 1 aliphatic carbocycles. The number of halogens is 1. The number of allylic oxidation sites excluding steroid dienone is 1. The van der Waals surface area contributed by atoms with E-state index < -0.39 is 5.60 Å². The highest BCUT2D eigenvalue weighted by atomic mass is 79.9. The molecule has 2 rings (SSSR count). The van der Waals surface area contributed by atoms with Gasteiger partial charge in [-0.25, -0.2) is 14.3 Å². The lowest BCUT2D eigenvalue weighted by Gasteiger charge is -2.22. The summed E-state index contributed by atoms with van der Waals surface area (Å²) in [7, 11) is 0. The minimum atomic E-state index is -0.502. The molecular formula is C14H19BrN2O2. The third kappa shape index (κ3) is 3.08. The van der Waals surface area contributed by atoms with Gasteiger partial charge >= 0.3 is 6.09 Å². The molecule has 104 valence electrons. The van der Waals surface area contributed by atoms with Crippen LogP contribution in [-0.2, 0) is 11.2 Å². The molecular weight excluding hydrogens is 308 g/mol. The van der Waals surface area contributed by atoms with E-state index in [1.807, 2.05) is 26.8 Å². The molecule has 0 saturated heterocycles. The van der Waals surface area contributed by atoms with Crippen LogP contribution in [0.2, 0.25) is 0 Å². The first kappa shape index (κ1) is 14.3. The maximum absolute atomic E-state index is 12.1. The van der Waals surface area contributed by atoms with Crippen molar-refractivity contribution < 1.29 is 9.53 Å². The van der Waals surface area contributed by atoms with E-state index in [1.54, 1.807) is 6.33 Å².